The van der Waals surface area contributed by atoms with E-state index in [4.69, 9.17) is 4.84 Å². The van der Waals surface area contributed by atoms with Gasteiger partial charge < -0.3 is 0 Å². The zero-order valence-electron chi connectivity index (χ0n) is 14.9. The maximum atomic E-state index is 6.44. The summed E-state index contributed by atoms with van der Waals surface area (Å²) < 4.78 is 0. The topological polar surface area (TPSA) is 15.7 Å². The summed E-state index contributed by atoms with van der Waals surface area (Å²) in [4.78, 5) is 9.20. The van der Waals surface area contributed by atoms with Crippen LogP contribution in [0.2, 0.25) is 0 Å². The normalized spacial score (nSPS) is 38.0. The number of nitrogens with zero attached hydrogens (tertiary/aromatic N) is 2. The number of rotatable bonds is 2. The van der Waals surface area contributed by atoms with Gasteiger partial charge in [0.25, 0.3) is 0 Å². The highest BCUT2D eigenvalue weighted by molar-refractivity contribution is 5.17. The van der Waals surface area contributed by atoms with Gasteiger partial charge >= 0.3 is 0 Å². The monoisotopic (exact) mass is 314 g/mol. The van der Waals surface area contributed by atoms with E-state index in [1.165, 1.54) is 24.8 Å². The number of benzene rings is 1. The third-order valence-electron chi connectivity index (χ3n) is 6.09. The molecule has 3 heteroatoms. The van der Waals surface area contributed by atoms with Gasteiger partial charge in [-0.05, 0) is 52.5 Å². The van der Waals surface area contributed by atoms with Gasteiger partial charge in [0.2, 0.25) is 0 Å². The van der Waals surface area contributed by atoms with Gasteiger partial charge in [0.15, 0.2) is 0 Å². The van der Waals surface area contributed by atoms with Crippen molar-refractivity contribution in [1.29, 1.82) is 0 Å². The van der Waals surface area contributed by atoms with E-state index in [0.717, 1.165) is 6.54 Å². The summed E-state index contributed by atoms with van der Waals surface area (Å²) >= 11 is 0. The van der Waals surface area contributed by atoms with Crippen molar-refractivity contribution in [3.05, 3.63) is 35.9 Å². The predicted molar refractivity (Wildman–Crippen MR) is 92.8 cm³/mol. The first-order valence-corrected chi connectivity index (χ1v) is 9.22. The van der Waals surface area contributed by atoms with E-state index >= 15 is 0 Å². The Balaban J connectivity index is 1.63. The Labute approximate surface area is 140 Å². The minimum absolute atomic E-state index is 0.0730. The highest BCUT2D eigenvalue weighted by Crippen LogP contribution is 2.50. The van der Waals surface area contributed by atoms with Crippen molar-refractivity contribution in [3.63, 3.8) is 0 Å². The summed E-state index contributed by atoms with van der Waals surface area (Å²) in [6.07, 6.45) is 4.29. The Morgan fingerprint density at radius 3 is 2.57 bits per heavy atom. The Morgan fingerprint density at radius 2 is 1.87 bits per heavy atom. The van der Waals surface area contributed by atoms with E-state index < -0.39 is 0 Å². The number of hydrogen-bond donors (Lipinski definition) is 0. The number of hydroxylamine groups is 2. The summed E-state index contributed by atoms with van der Waals surface area (Å²) in [5, 5.41) is 2.34. The highest BCUT2D eigenvalue weighted by atomic mass is 16.7. The van der Waals surface area contributed by atoms with Crippen molar-refractivity contribution in [2.75, 3.05) is 0 Å². The molecule has 3 nitrogen and oxygen atoms in total. The molecular weight excluding hydrogens is 284 g/mol. The maximum Gasteiger partial charge on any atom is 0.0853 e. The van der Waals surface area contributed by atoms with Gasteiger partial charge in [0.1, 0.15) is 0 Å². The van der Waals surface area contributed by atoms with Crippen LogP contribution in [0, 0.1) is 5.92 Å². The van der Waals surface area contributed by atoms with Crippen LogP contribution in [0.5, 0.6) is 0 Å². The summed E-state index contributed by atoms with van der Waals surface area (Å²) in [7, 11) is 0. The zero-order valence-corrected chi connectivity index (χ0v) is 14.9. The van der Waals surface area contributed by atoms with E-state index in [-0.39, 0.29) is 5.54 Å². The van der Waals surface area contributed by atoms with E-state index in [1.54, 1.807) is 0 Å². The SMILES string of the molecule is C[C@H]1[C@@H]2[C@H]3[C@H](CCC[C@H]3N1Cc1ccccc1)ON2C(C)(C)C. The second-order valence-corrected chi connectivity index (χ2v) is 8.61. The van der Waals surface area contributed by atoms with Crippen molar-refractivity contribution in [3.8, 4) is 0 Å². The van der Waals surface area contributed by atoms with Gasteiger partial charge in [-0.15, -0.1) is 0 Å². The van der Waals surface area contributed by atoms with Crippen molar-refractivity contribution in [1.82, 2.24) is 9.96 Å². The minimum atomic E-state index is 0.0730. The van der Waals surface area contributed by atoms with Crippen molar-refractivity contribution in [2.24, 2.45) is 5.92 Å². The highest BCUT2D eigenvalue weighted by Gasteiger charge is 2.60. The van der Waals surface area contributed by atoms with E-state index in [9.17, 15) is 0 Å². The lowest BCUT2D eigenvalue weighted by Gasteiger charge is -2.39. The first-order valence-electron chi connectivity index (χ1n) is 9.22. The van der Waals surface area contributed by atoms with Gasteiger partial charge in [-0.3, -0.25) is 9.74 Å². The second-order valence-electron chi connectivity index (χ2n) is 8.61. The third kappa shape index (κ3) is 2.54. The summed E-state index contributed by atoms with van der Waals surface area (Å²) in [6.45, 7) is 10.3. The Hall–Kier alpha value is -0.900. The standard InChI is InChI=1S/C20H30N2O/c1-14-19-18-16(21(14)13-15-9-6-5-7-10-15)11-8-12-17(18)23-22(19)20(2,3)4/h5-7,9-10,14,16-19H,8,11-13H2,1-4H3/t14-,16+,17-,18+,19+/m0/s1. The smallest absolute Gasteiger partial charge is 0.0853 e. The molecule has 0 bridgehead atoms. The molecule has 5 atom stereocenters. The lowest BCUT2D eigenvalue weighted by molar-refractivity contribution is -0.224. The number of hydrogen-bond acceptors (Lipinski definition) is 3. The molecule has 1 aliphatic carbocycles. The fourth-order valence-corrected chi connectivity index (χ4v) is 5.17. The van der Waals surface area contributed by atoms with Crippen LogP contribution in [0.4, 0.5) is 0 Å². The van der Waals surface area contributed by atoms with Crippen LogP contribution < -0.4 is 0 Å². The van der Waals surface area contributed by atoms with Gasteiger partial charge in [-0.25, -0.2) is 0 Å². The minimum Gasteiger partial charge on any atom is -0.294 e. The summed E-state index contributed by atoms with van der Waals surface area (Å²) in [5.74, 6) is 0.682. The molecule has 0 spiro atoms. The van der Waals surface area contributed by atoms with Crippen LogP contribution in [0.15, 0.2) is 30.3 Å². The van der Waals surface area contributed by atoms with Crippen LogP contribution in [-0.4, -0.2) is 39.7 Å². The van der Waals surface area contributed by atoms with Crippen molar-refractivity contribution >= 4 is 0 Å². The average Bonchev–Trinajstić information content (AvgIpc) is 3.04. The maximum absolute atomic E-state index is 6.44. The molecule has 0 aromatic heterocycles. The zero-order chi connectivity index (χ0) is 16.2. The first kappa shape index (κ1) is 15.6. The molecule has 1 saturated carbocycles. The van der Waals surface area contributed by atoms with Crippen molar-refractivity contribution < 1.29 is 4.84 Å². The second kappa shape index (κ2) is 5.58. The van der Waals surface area contributed by atoms with Crippen LogP contribution >= 0.6 is 0 Å². The first-order chi connectivity index (χ1) is 11.0. The van der Waals surface area contributed by atoms with Gasteiger partial charge in [0, 0.05) is 30.1 Å². The Morgan fingerprint density at radius 1 is 1.13 bits per heavy atom. The molecule has 2 aliphatic heterocycles. The molecule has 2 saturated heterocycles. The lowest BCUT2D eigenvalue weighted by atomic mass is 9.80. The predicted octanol–water partition coefficient (Wildman–Crippen LogP) is 3.84. The van der Waals surface area contributed by atoms with Crippen molar-refractivity contribution in [2.45, 2.75) is 83.3 Å². The fraction of sp³-hybridized carbons (Fsp3) is 0.700. The Kier molecular flexibility index (Phi) is 3.79. The summed E-state index contributed by atoms with van der Waals surface area (Å²) in [6, 6.07) is 12.7. The average molecular weight is 314 g/mol. The molecule has 1 aromatic rings. The quantitative estimate of drug-likeness (QED) is 0.825. The lowest BCUT2D eigenvalue weighted by Crippen LogP contribution is -2.50. The molecule has 23 heavy (non-hydrogen) atoms. The number of likely N-dealkylation sites (tertiary alicyclic amines) is 1. The van der Waals surface area contributed by atoms with Crippen LogP contribution in [0.25, 0.3) is 0 Å². The molecule has 4 rings (SSSR count). The van der Waals surface area contributed by atoms with Crippen LogP contribution in [0.3, 0.4) is 0 Å². The third-order valence-corrected chi connectivity index (χ3v) is 6.09. The van der Waals surface area contributed by atoms with Gasteiger partial charge in [-0.1, -0.05) is 30.3 Å². The fourth-order valence-electron chi connectivity index (χ4n) is 5.17. The van der Waals surface area contributed by atoms with E-state index in [1.807, 2.05) is 0 Å². The largest absolute Gasteiger partial charge is 0.294 e. The van der Waals surface area contributed by atoms with Gasteiger partial charge in [-0.2, -0.15) is 5.06 Å². The molecule has 2 heterocycles. The molecule has 0 N–H and O–H groups in total. The molecule has 3 aliphatic rings. The molecule has 0 unspecified atom stereocenters. The van der Waals surface area contributed by atoms with Crippen LogP contribution in [0.1, 0.15) is 52.5 Å². The Bertz CT molecular complexity index is 553. The van der Waals surface area contributed by atoms with E-state index in [0.29, 0.717) is 30.1 Å². The van der Waals surface area contributed by atoms with E-state index in [2.05, 4.69) is 68.0 Å². The molecule has 0 amide bonds. The van der Waals surface area contributed by atoms with Crippen LogP contribution in [-0.2, 0) is 11.4 Å². The molecule has 126 valence electrons. The molecule has 3 fully saturated rings. The van der Waals surface area contributed by atoms with Gasteiger partial charge in [0.05, 0.1) is 12.1 Å². The molecule has 1 aromatic carbocycles. The summed E-state index contributed by atoms with van der Waals surface area (Å²) in [5.41, 5.74) is 1.51. The molecule has 0 radical (unpaired) electrons. The molecular formula is C20H30N2O.